The zero-order chi connectivity index (χ0) is 14.7. The van der Waals surface area contributed by atoms with Crippen molar-refractivity contribution in [3.8, 4) is 11.8 Å². The molecule has 0 saturated heterocycles. The summed E-state index contributed by atoms with van der Waals surface area (Å²) in [6, 6.07) is 12.2. The second-order valence-electron chi connectivity index (χ2n) is 5.35. The molecule has 0 aliphatic carbocycles. The number of rotatable bonds is 1. The topological polar surface area (TPSA) is 20.2 Å². The Morgan fingerprint density at radius 2 is 1.45 bits per heavy atom. The Labute approximate surface area is 121 Å². The summed E-state index contributed by atoms with van der Waals surface area (Å²) in [4.78, 5) is 0. The van der Waals surface area contributed by atoms with Crippen LogP contribution in [0.15, 0.2) is 36.4 Å². The molecule has 0 spiro atoms. The normalized spacial score (nSPS) is 11.7. The maximum atomic E-state index is 10.2. The van der Waals surface area contributed by atoms with Crippen LogP contribution in [-0.4, -0.2) is 5.11 Å². The summed E-state index contributed by atoms with van der Waals surface area (Å²) in [5.74, 6) is 6.02. The number of aryl methyl sites for hydroxylation is 4. The van der Waals surface area contributed by atoms with E-state index in [-0.39, 0.29) is 0 Å². The van der Waals surface area contributed by atoms with Crippen molar-refractivity contribution in [2.45, 2.75) is 33.8 Å². The Balaban J connectivity index is 2.28. The fourth-order valence-electron chi connectivity index (χ4n) is 2.31. The molecule has 2 aromatic carbocycles. The molecule has 0 amide bonds. The first-order valence-electron chi connectivity index (χ1n) is 6.81. The predicted octanol–water partition coefficient (Wildman–Crippen LogP) is 4.01. The Bertz CT molecular complexity index is 687. The smallest absolute Gasteiger partial charge is 0.140 e. The van der Waals surface area contributed by atoms with E-state index in [0.717, 1.165) is 22.3 Å². The van der Waals surface area contributed by atoms with Crippen LogP contribution in [0.3, 0.4) is 0 Å². The SMILES string of the molecule is Cc1ccc(C#CC(O)c2ccc(C)cc2C)c(C)c1. The number of hydrogen-bond acceptors (Lipinski definition) is 1. The van der Waals surface area contributed by atoms with Crippen molar-refractivity contribution < 1.29 is 5.11 Å². The summed E-state index contributed by atoms with van der Waals surface area (Å²) in [5.41, 5.74) is 6.49. The van der Waals surface area contributed by atoms with Crippen LogP contribution in [0, 0.1) is 39.5 Å². The standard InChI is InChI=1S/C19H20O/c1-13-5-7-17(15(3)11-13)8-10-19(20)18-9-6-14(2)12-16(18)4/h5-7,9,11-12,19-20H,1-4H3. The van der Waals surface area contributed by atoms with Gasteiger partial charge in [-0.15, -0.1) is 0 Å². The Kier molecular flexibility index (Phi) is 4.27. The van der Waals surface area contributed by atoms with Crippen molar-refractivity contribution in [1.29, 1.82) is 0 Å². The highest BCUT2D eigenvalue weighted by Gasteiger charge is 2.07. The average molecular weight is 264 g/mol. The molecule has 1 N–H and O–H groups in total. The third kappa shape index (κ3) is 3.29. The summed E-state index contributed by atoms with van der Waals surface area (Å²) >= 11 is 0. The van der Waals surface area contributed by atoms with Crippen LogP contribution < -0.4 is 0 Å². The van der Waals surface area contributed by atoms with Crippen LogP contribution in [0.5, 0.6) is 0 Å². The van der Waals surface area contributed by atoms with Crippen LogP contribution in [0.25, 0.3) is 0 Å². The average Bonchev–Trinajstić information content (AvgIpc) is 2.37. The van der Waals surface area contributed by atoms with Gasteiger partial charge < -0.3 is 5.11 Å². The van der Waals surface area contributed by atoms with Gasteiger partial charge in [-0.05, 0) is 50.5 Å². The summed E-state index contributed by atoms with van der Waals surface area (Å²) in [7, 11) is 0. The van der Waals surface area contributed by atoms with Gasteiger partial charge in [0.05, 0.1) is 0 Å². The molecular weight excluding hydrogens is 244 g/mol. The lowest BCUT2D eigenvalue weighted by Gasteiger charge is -2.08. The lowest BCUT2D eigenvalue weighted by atomic mass is 10.0. The second-order valence-corrected chi connectivity index (χ2v) is 5.35. The van der Waals surface area contributed by atoms with Crippen LogP contribution in [-0.2, 0) is 0 Å². The summed E-state index contributed by atoms with van der Waals surface area (Å²) < 4.78 is 0. The molecule has 1 atom stereocenters. The van der Waals surface area contributed by atoms with Crippen LogP contribution in [0.1, 0.15) is 39.5 Å². The summed E-state index contributed by atoms with van der Waals surface area (Å²) in [6.07, 6.45) is -0.740. The first-order valence-corrected chi connectivity index (χ1v) is 6.81. The largest absolute Gasteiger partial charge is 0.376 e. The van der Waals surface area contributed by atoms with E-state index < -0.39 is 6.10 Å². The van der Waals surface area contributed by atoms with Gasteiger partial charge in [-0.3, -0.25) is 0 Å². The minimum Gasteiger partial charge on any atom is -0.376 e. The molecule has 0 saturated carbocycles. The van der Waals surface area contributed by atoms with Crippen LogP contribution >= 0.6 is 0 Å². The predicted molar refractivity (Wildman–Crippen MR) is 83.7 cm³/mol. The fourth-order valence-corrected chi connectivity index (χ4v) is 2.31. The maximum Gasteiger partial charge on any atom is 0.140 e. The monoisotopic (exact) mass is 264 g/mol. The van der Waals surface area contributed by atoms with E-state index in [1.807, 2.05) is 45.0 Å². The van der Waals surface area contributed by atoms with E-state index in [1.165, 1.54) is 11.1 Å². The number of aliphatic hydroxyl groups is 1. The highest BCUT2D eigenvalue weighted by atomic mass is 16.3. The Morgan fingerprint density at radius 1 is 0.850 bits per heavy atom. The van der Waals surface area contributed by atoms with E-state index in [0.29, 0.717) is 0 Å². The van der Waals surface area contributed by atoms with Gasteiger partial charge in [-0.1, -0.05) is 53.3 Å². The first kappa shape index (κ1) is 14.4. The molecule has 1 unspecified atom stereocenters. The molecule has 1 nitrogen and oxygen atoms in total. The minimum absolute atomic E-state index is 0.740. The van der Waals surface area contributed by atoms with Crippen LogP contribution in [0.2, 0.25) is 0 Å². The highest BCUT2D eigenvalue weighted by molar-refractivity contribution is 5.44. The number of hydrogen-bond donors (Lipinski definition) is 1. The van der Waals surface area contributed by atoms with Crippen molar-refractivity contribution in [1.82, 2.24) is 0 Å². The summed E-state index contributed by atoms with van der Waals surface area (Å²) in [6.45, 7) is 8.16. The van der Waals surface area contributed by atoms with Gasteiger partial charge in [0.25, 0.3) is 0 Å². The minimum atomic E-state index is -0.740. The molecule has 0 radical (unpaired) electrons. The van der Waals surface area contributed by atoms with Gasteiger partial charge in [-0.2, -0.15) is 0 Å². The molecule has 0 aliphatic heterocycles. The van der Waals surface area contributed by atoms with Gasteiger partial charge in [0.15, 0.2) is 0 Å². The second kappa shape index (κ2) is 5.94. The van der Waals surface area contributed by atoms with Gasteiger partial charge in [0.1, 0.15) is 6.10 Å². The third-order valence-electron chi connectivity index (χ3n) is 3.45. The molecule has 0 fully saturated rings. The molecular formula is C19H20O. The van der Waals surface area contributed by atoms with Crippen molar-refractivity contribution >= 4 is 0 Å². The number of benzene rings is 2. The number of aliphatic hydroxyl groups excluding tert-OH is 1. The van der Waals surface area contributed by atoms with E-state index in [2.05, 4.69) is 30.9 Å². The highest BCUT2D eigenvalue weighted by Crippen LogP contribution is 2.18. The lowest BCUT2D eigenvalue weighted by Crippen LogP contribution is -1.97. The van der Waals surface area contributed by atoms with Crippen LogP contribution in [0.4, 0.5) is 0 Å². The molecule has 0 heterocycles. The molecule has 2 aromatic rings. The van der Waals surface area contributed by atoms with Crippen molar-refractivity contribution in [2.75, 3.05) is 0 Å². The molecule has 1 heteroatoms. The quantitative estimate of drug-likeness (QED) is 0.772. The van der Waals surface area contributed by atoms with Gasteiger partial charge >= 0.3 is 0 Å². The van der Waals surface area contributed by atoms with E-state index in [1.54, 1.807) is 0 Å². The van der Waals surface area contributed by atoms with Crippen molar-refractivity contribution in [3.05, 3.63) is 69.8 Å². The van der Waals surface area contributed by atoms with E-state index in [4.69, 9.17) is 0 Å². The zero-order valence-corrected chi connectivity index (χ0v) is 12.5. The molecule has 2 rings (SSSR count). The van der Waals surface area contributed by atoms with E-state index in [9.17, 15) is 5.11 Å². The van der Waals surface area contributed by atoms with Crippen molar-refractivity contribution in [2.24, 2.45) is 0 Å². The van der Waals surface area contributed by atoms with Gasteiger partial charge in [0, 0.05) is 5.56 Å². The zero-order valence-electron chi connectivity index (χ0n) is 12.5. The van der Waals surface area contributed by atoms with Crippen molar-refractivity contribution in [3.63, 3.8) is 0 Å². The summed E-state index contributed by atoms with van der Waals surface area (Å²) in [5, 5.41) is 10.2. The molecule has 0 bridgehead atoms. The molecule has 102 valence electrons. The fraction of sp³-hybridized carbons (Fsp3) is 0.263. The van der Waals surface area contributed by atoms with E-state index >= 15 is 0 Å². The lowest BCUT2D eigenvalue weighted by molar-refractivity contribution is 0.237. The maximum absolute atomic E-state index is 10.2. The third-order valence-corrected chi connectivity index (χ3v) is 3.45. The Hall–Kier alpha value is -2.04. The van der Waals surface area contributed by atoms with Gasteiger partial charge in [-0.25, -0.2) is 0 Å². The Morgan fingerprint density at radius 3 is 2.05 bits per heavy atom. The first-order chi connectivity index (χ1) is 9.47. The molecule has 0 aliphatic rings. The van der Waals surface area contributed by atoms with Gasteiger partial charge in [0.2, 0.25) is 0 Å². The molecule has 0 aromatic heterocycles. The molecule has 20 heavy (non-hydrogen) atoms.